The predicted octanol–water partition coefficient (Wildman–Crippen LogP) is 2.74. The van der Waals surface area contributed by atoms with Gasteiger partial charge in [0, 0.05) is 31.1 Å². The van der Waals surface area contributed by atoms with Gasteiger partial charge in [-0.2, -0.15) is 20.5 Å². The van der Waals surface area contributed by atoms with Crippen molar-refractivity contribution in [1.29, 1.82) is 10.5 Å². The molecule has 2 aliphatic heterocycles. The second kappa shape index (κ2) is 10.3. The number of piperazine rings is 1. The van der Waals surface area contributed by atoms with Gasteiger partial charge in [0.05, 0.1) is 34.6 Å². The smallest absolute Gasteiger partial charge is 0.319 e. The van der Waals surface area contributed by atoms with E-state index in [1.165, 1.54) is 6.08 Å². The molecule has 4 rings (SSSR count). The van der Waals surface area contributed by atoms with Crippen LogP contribution in [0.25, 0.3) is 10.9 Å². The van der Waals surface area contributed by atoms with Crippen LogP contribution in [-0.4, -0.2) is 77.6 Å². The average Bonchev–Trinajstić information content (AvgIpc) is 3.26. The van der Waals surface area contributed by atoms with Gasteiger partial charge in [-0.05, 0) is 44.6 Å². The zero-order chi connectivity index (χ0) is 24.2. The normalized spacial score (nSPS) is 20.7. The largest absolute Gasteiger partial charge is 0.462 e. The molecule has 2 fully saturated rings. The molecule has 2 aromatic rings. The third kappa shape index (κ3) is 4.77. The van der Waals surface area contributed by atoms with Gasteiger partial charge >= 0.3 is 6.01 Å². The minimum absolute atomic E-state index is 0.186. The Morgan fingerprint density at radius 3 is 2.79 bits per heavy atom. The third-order valence-electron chi connectivity index (χ3n) is 6.51. The van der Waals surface area contributed by atoms with Crippen LogP contribution < -0.4 is 9.64 Å². The number of ether oxygens (including phenoxy) is 1. The molecule has 0 saturated carbocycles. The van der Waals surface area contributed by atoms with Gasteiger partial charge in [0.15, 0.2) is 0 Å². The van der Waals surface area contributed by atoms with E-state index in [4.69, 9.17) is 21.3 Å². The fourth-order valence-corrected chi connectivity index (χ4v) is 4.80. The van der Waals surface area contributed by atoms with Crippen molar-refractivity contribution >= 4 is 34.2 Å². The van der Waals surface area contributed by atoms with Crippen molar-refractivity contribution in [3.8, 4) is 18.1 Å². The summed E-state index contributed by atoms with van der Waals surface area (Å²) in [6.45, 7) is 6.43. The Bertz CT molecular complexity index is 1190. The van der Waals surface area contributed by atoms with Crippen LogP contribution >= 0.6 is 11.6 Å². The molecule has 0 aliphatic carbocycles. The van der Waals surface area contributed by atoms with Crippen LogP contribution in [0.15, 0.2) is 24.8 Å². The zero-order valence-electron chi connectivity index (χ0n) is 19.1. The van der Waals surface area contributed by atoms with Gasteiger partial charge in [0.2, 0.25) is 5.91 Å². The molecule has 9 nitrogen and oxygen atoms in total. The molecule has 176 valence electrons. The summed E-state index contributed by atoms with van der Waals surface area (Å²) in [6, 6.07) is 7.85. The molecule has 0 bridgehead atoms. The molecule has 0 N–H and O–H groups in total. The van der Waals surface area contributed by atoms with Crippen molar-refractivity contribution in [2.24, 2.45) is 0 Å². The number of fused-ring (bicyclic) bond motifs is 1. The highest BCUT2D eigenvalue weighted by molar-refractivity contribution is 6.32. The fourth-order valence-electron chi connectivity index (χ4n) is 4.60. The van der Waals surface area contributed by atoms with Gasteiger partial charge in [-0.1, -0.05) is 18.2 Å². The van der Waals surface area contributed by atoms with Crippen LogP contribution in [0.4, 0.5) is 5.82 Å². The van der Waals surface area contributed by atoms with Gasteiger partial charge in [0.25, 0.3) is 0 Å². The van der Waals surface area contributed by atoms with Gasteiger partial charge < -0.3 is 19.4 Å². The lowest BCUT2D eigenvalue weighted by molar-refractivity contribution is -0.128. The molecule has 10 heteroatoms. The topological polar surface area (TPSA) is 109 Å². The number of rotatable bonds is 6. The first kappa shape index (κ1) is 23.7. The molecule has 34 heavy (non-hydrogen) atoms. The lowest BCUT2D eigenvalue weighted by atomic mass is 10.1. The maximum Gasteiger partial charge on any atom is 0.319 e. The number of aromatic nitrogens is 2. The summed E-state index contributed by atoms with van der Waals surface area (Å²) >= 11 is 6.29. The first-order chi connectivity index (χ1) is 16.4. The van der Waals surface area contributed by atoms with Crippen molar-refractivity contribution in [2.75, 3.05) is 44.7 Å². The summed E-state index contributed by atoms with van der Waals surface area (Å²) in [6.07, 6.45) is 3.65. The van der Waals surface area contributed by atoms with E-state index >= 15 is 0 Å². The van der Waals surface area contributed by atoms with E-state index in [0.717, 1.165) is 19.4 Å². The van der Waals surface area contributed by atoms with Crippen molar-refractivity contribution < 1.29 is 9.53 Å². The van der Waals surface area contributed by atoms with Crippen molar-refractivity contribution in [3.63, 3.8) is 0 Å². The fraction of sp³-hybridized carbons (Fsp3) is 0.458. The Morgan fingerprint density at radius 1 is 1.29 bits per heavy atom. The molecule has 1 aromatic heterocycles. The number of anilines is 1. The summed E-state index contributed by atoms with van der Waals surface area (Å²) in [5, 5.41) is 19.8. The number of nitriles is 2. The standard InChI is InChI=1S/C24H26ClN7O2/c1-3-22(33)32-10-9-31(14-17(32)6-7-26)23-19-11-16(13-27)20(25)12-21(19)28-24(29-23)34-15-18-5-4-8-30(18)2/h3,11-12,17-18H,1,4-6,8-10,14-15H2,2H3/t17-,18-/m0/s1. The van der Waals surface area contributed by atoms with Crippen molar-refractivity contribution in [2.45, 2.75) is 31.3 Å². The lowest BCUT2D eigenvalue weighted by Crippen LogP contribution is -2.55. The minimum Gasteiger partial charge on any atom is -0.462 e. The predicted molar refractivity (Wildman–Crippen MR) is 129 cm³/mol. The van der Waals surface area contributed by atoms with Gasteiger partial charge in [0.1, 0.15) is 18.5 Å². The molecule has 0 radical (unpaired) electrons. The average molecular weight is 480 g/mol. The quantitative estimate of drug-likeness (QED) is 0.582. The lowest BCUT2D eigenvalue weighted by Gasteiger charge is -2.41. The molecule has 3 heterocycles. The van der Waals surface area contributed by atoms with E-state index in [-0.39, 0.29) is 24.4 Å². The Balaban J connectivity index is 1.70. The third-order valence-corrected chi connectivity index (χ3v) is 6.82. The first-order valence-corrected chi connectivity index (χ1v) is 11.6. The number of hydrogen-bond donors (Lipinski definition) is 0. The SMILES string of the molecule is C=CC(=O)N1CCN(c2nc(OC[C@@H]3CCCN3C)nc3cc(Cl)c(C#N)cc23)C[C@@H]1CC#N. The number of nitrogens with zero attached hydrogens (tertiary/aromatic N) is 7. The summed E-state index contributed by atoms with van der Waals surface area (Å²) in [4.78, 5) is 27.5. The van der Waals surface area contributed by atoms with E-state index in [9.17, 15) is 15.3 Å². The van der Waals surface area contributed by atoms with E-state index in [0.29, 0.717) is 59.6 Å². The van der Waals surface area contributed by atoms with Crippen molar-refractivity contribution in [3.05, 3.63) is 35.4 Å². The summed E-state index contributed by atoms with van der Waals surface area (Å²) in [7, 11) is 2.08. The molecule has 0 unspecified atom stereocenters. The molecule has 1 amide bonds. The summed E-state index contributed by atoms with van der Waals surface area (Å²) in [5.41, 5.74) is 0.902. The summed E-state index contributed by atoms with van der Waals surface area (Å²) < 4.78 is 6.02. The van der Waals surface area contributed by atoms with E-state index in [2.05, 4.69) is 35.6 Å². The van der Waals surface area contributed by atoms with Gasteiger partial charge in [-0.3, -0.25) is 4.79 Å². The number of hydrogen-bond acceptors (Lipinski definition) is 8. The molecule has 1 aromatic carbocycles. The minimum atomic E-state index is -0.312. The van der Waals surface area contributed by atoms with Gasteiger partial charge in [-0.25, -0.2) is 0 Å². The van der Waals surface area contributed by atoms with Gasteiger partial charge in [-0.15, -0.1) is 0 Å². The highest BCUT2D eigenvalue weighted by atomic mass is 35.5. The molecule has 2 saturated heterocycles. The number of benzene rings is 1. The molecule has 2 atom stereocenters. The second-order valence-corrected chi connectivity index (χ2v) is 8.98. The summed E-state index contributed by atoms with van der Waals surface area (Å²) in [5.74, 6) is 0.400. The molecular weight excluding hydrogens is 454 g/mol. The Labute approximate surface area is 203 Å². The second-order valence-electron chi connectivity index (χ2n) is 8.58. The van der Waals surface area contributed by atoms with Crippen LogP contribution in [0.1, 0.15) is 24.8 Å². The number of likely N-dealkylation sites (tertiary alicyclic amines) is 1. The maximum absolute atomic E-state index is 12.3. The number of likely N-dealkylation sites (N-methyl/N-ethyl adjacent to an activating group) is 1. The highest BCUT2D eigenvalue weighted by Gasteiger charge is 2.31. The highest BCUT2D eigenvalue weighted by Crippen LogP contribution is 2.32. The van der Waals surface area contributed by atoms with Crippen LogP contribution in [0, 0.1) is 22.7 Å². The van der Waals surface area contributed by atoms with E-state index < -0.39 is 0 Å². The Hall–Kier alpha value is -3.40. The van der Waals surface area contributed by atoms with E-state index in [1.54, 1.807) is 17.0 Å². The number of amides is 1. The van der Waals surface area contributed by atoms with Crippen LogP contribution in [-0.2, 0) is 4.79 Å². The number of halogens is 1. The monoisotopic (exact) mass is 479 g/mol. The maximum atomic E-state index is 12.3. The van der Waals surface area contributed by atoms with Crippen LogP contribution in [0.2, 0.25) is 5.02 Å². The van der Waals surface area contributed by atoms with Crippen LogP contribution in [0.3, 0.4) is 0 Å². The number of carbonyl (C=O) groups excluding carboxylic acids is 1. The molecule has 0 spiro atoms. The number of carbonyl (C=O) groups is 1. The van der Waals surface area contributed by atoms with Crippen LogP contribution in [0.5, 0.6) is 6.01 Å². The molecule has 2 aliphatic rings. The Morgan fingerprint density at radius 2 is 2.12 bits per heavy atom. The molecular formula is C24H26ClN7O2. The van der Waals surface area contributed by atoms with E-state index in [1.807, 2.05) is 4.90 Å². The zero-order valence-corrected chi connectivity index (χ0v) is 19.8. The first-order valence-electron chi connectivity index (χ1n) is 11.2. The van der Waals surface area contributed by atoms with Crippen molar-refractivity contribution in [1.82, 2.24) is 19.8 Å². The Kier molecular flexibility index (Phi) is 7.16.